The summed E-state index contributed by atoms with van der Waals surface area (Å²) in [4.78, 5) is 11.9. The van der Waals surface area contributed by atoms with Crippen LogP contribution in [-0.4, -0.2) is 22.0 Å². The highest BCUT2D eigenvalue weighted by Gasteiger charge is 1.96. The molecule has 1 heterocycles. The minimum absolute atomic E-state index is 0.601. The highest BCUT2D eigenvalue weighted by atomic mass is 127. The molecule has 0 fully saturated rings. The first-order valence-corrected chi connectivity index (χ1v) is 4.23. The van der Waals surface area contributed by atoms with Crippen molar-refractivity contribution in [2.45, 2.75) is 0 Å². The molecule has 10 heavy (non-hydrogen) atoms. The zero-order valence-corrected chi connectivity index (χ0v) is 8.61. The normalized spacial score (nSPS) is 9.50. The number of nitrogens with zero attached hydrogens (tertiary/aromatic N) is 3. The number of anilines is 1. The fourth-order valence-electron chi connectivity index (χ4n) is 0.477. The smallest absolute Gasteiger partial charge is 0.226 e. The Morgan fingerprint density at radius 1 is 1.40 bits per heavy atom. The Hall–Kier alpha value is -0.0300. The first kappa shape index (κ1) is 8.07. The summed E-state index contributed by atoms with van der Waals surface area (Å²) in [5.41, 5.74) is 0.656. The van der Waals surface area contributed by atoms with Gasteiger partial charge in [-0.2, -0.15) is 9.97 Å². The predicted molar refractivity (Wildman–Crippen MR) is 51.4 cm³/mol. The van der Waals surface area contributed by atoms with Crippen LogP contribution >= 0.6 is 31.8 Å². The molecule has 6 heteroatoms. The van der Waals surface area contributed by atoms with E-state index in [1.807, 2.05) is 22.6 Å². The molecule has 0 radical (unpaired) electrons. The van der Waals surface area contributed by atoms with Crippen molar-refractivity contribution in [2.24, 2.45) is 0 Å². The van der Waals surface area contributed by atoms with E-state index < -0.39 is 0 Å². The number of rotatable bonds is 1. The first-order valence-electron chi connectivity index (χ1n) is 2.57. The third-order valence-electron chi connectivity index (χ3n) is 0.849. The maximum atomic E-state index is 3.99. The Labute approximate surface area is 74.6 Å². The Kier molecular flexibility index (Phi) is 2.73. The van der Waals surface area contributed by atoms with E-state index in [9.17, 15) is 0 Å². The standard InChI is InChI=1S/C4H6IN4P/c1-6-3-7-2(5)8-4(10)9-3/h10H2,1H3,(H,6,7,8,9). The molecule has 0 aromatic carbocycles. The van der Waals surface area contributed by atoms with Gasteiger partial charge in [-0.05, 0) is 0 Å². The molecule has 0 aliphatic carbocycles. The summed E-state index contributed by atoms with van der Waals surface area (Å²) >= 11 is 2.04. The third-order valence-corrected chi connectivity index (χ3v) is 1.59. The van der Waals surface area contributed by atoms with Crippen LogP contribution in [0.5, 0.6) is 0 Å². The molecule has 0 amide bonds. The zero-order valence-electron chi connectivity index (χ0n) is 5.30. The second-order valence-electron chi connectivity index (χ2n) is 1.54. The van der Waals surface area contributed by atoms with Crippen LogP contribution in [-0.2, 0) is 0 Å². The Balaban J connectivity index is 3.06. The van der Waals surface area contributed by atoms with Crippen molar-refractivity contribution in [3.63, 3.8) is 0 Å². The molecular formula is C4H6IN4P. The van der Waals surface area contributed by atoms with Crippen LogP contribution in [0.4, 0.5) is 5.95 Å². The summed E-state index contributed by atoms with van der Waals surface area (Å²) in [6.07, 6.45) is 0. The quantitative estimate of drug-likeness (QED) is 0.576. The fraction of sp³-hybridized carbons (Fsp3) is 0.250. The molecule has 4 nitrogen and oxygen atoms in total. The summed E-state index contributed by atoms with van der Waals surface area (Å²) in [5, 5.41) is 2.83. The lowest BCUT2D eigenvalue weighted by Gasteiger charge is -1.97. The second-order valence-corrected chi connectivity index (χ2v) is 3.02. The maximum Gasteiger partial charge on any atom is 0.226 e. The lowest BCUT2D eigenvalue weighted by molar-refractivity contribution is 1.05. The highest BCUT2D eigenvalue weighted by Crippen LogP contribution is 1.98. The summed E-state index contributed by atoms with van der Waals surface area (Å²) < 4.78 is 0.696. The van der Waals surface area contributed by atoms with E-state index in [0.29, 0.717) is 15.3 Å². The molecule has 0 aliphatic rings. The van der Waals surface area contributed by atoms with Gasteiger partial charge in [-0.3, -0.25) is 0 Å². The van der Waals surface area contributed by atoms with Gasteiger partial charge in [0.2, 0.25) is 5.95 Å². The molecule has 0 spiro atoms. The number of hydrogen-bond donors (Lipinski definition) is 1. The van der Waals surface area contributed by atoms with E-state index in [4.69, 9.17) is 0 Å². The van der Waals surface area contributed by atoms with Crippen molar-refractivity contribution >= 4 is 43.3 Å². The zero-order chi connectivity index (χ0) is 7.56. The van der Waals surface area contributed by atoms with Crippen LogP contribution in [0.25, 0.3) is 0 Å². The van der Waals surface area contributed by atoms with Gasteiger partial charge in [0, 0.05) is 29.6 Å². The minimum Gasteiger partial charge on any atom is -0.357 e. The third kappa shape index (κ3) is 1.98. The Morgan fingerprint density at radius 2 is 2.10 bits per heavy atom. The van der Waals surface area contributed by atoms with Gasteiger partial charge in [-0.15, -0.1) is 0 Å². The van der Waals surface area contributed by atoms with Gasteiger partial charge in [0.05, 0.1) is 0 Å². The topological polar surface area (TPSA) is 50.7 Å². The van der Waals surface area contributed by atoms with Crippen LogP contribution in [0.1, 0.15) is 0 Å². The number of hydrogen-bond acceptors (Lipinski definition) is 4. The molecule has 54 valence electrons. The largest absolute Gasteiger partial charge is 0.357 e. The molecule has 0 saturated heterocycles. The average Bonchev–Trinajstić information content (AvgIpc) is 1.85. The van der Waals surface area contributed by atoms with Crippen LogP contribution in [0.3, 0.4) is 0 Å². The SMILES string of the molecule is CNc1nc(P)nc(I)n1. The first-order chi connectivity index (χ1) is 4.72. The fourth-order valence-corrected chi connectivity index (χ4v) is 1.46. The molecule has 0 saturated carbocycles. The molecule has 1 unspecified atom stereocenters. The lowest BCUT2D eigenvalue weighted by Crippen LogP contribution is -2.11. The summed E-state index contributed by atoms with van der Waals surface area (Å²) in [6, 6.07) is 0. The van der Waals surface area contributed by atoms with Crippen LogP contribution < -0.4 is 10.9 Å². The van der Waals surface area contributed by atoms with E-state index in [1.165, 1.54) is 0 Å². The van der Waals surface area contributed by atoms with Crippen molar-refractivity contribution in [2.75, 3.05) is 12.4 Å². The Bertz CT molecular complexity index is 220. The van der Waals surface area contributed by atoms with Crippen molar-refractivity contribution in [1.82, 2.24) is 15.0 Å². The lowest BCUT2D eigenvalue weighted by atomic mass is 10.9. The Morgan fingerprint density at radius 3 is 2.60 bits per heavy atom. The van der Waals surface area contributed by atoms with Gasteiger partial charge in [0.15, 0.2) is 9.40 Å². The summed E-state index contributed by atoms with van der Waals surface area (Å²) in [6.45, 7) is 0. The van der Waals surface area contributed by atoms with Crippen molar-refractivity contribution in [3.05, 3.63) is 3.83 Å². The van der Waals surface area contributed by atoms with Gasteiger partial charge < -0.3 is 5.32 Å². The number of nitrogens with one attached hydrogen (secondary N) is 1. The van der Waals surface area contributed by atoms with Gasteiger partial charge in [-0.25, -0.2) is 4.98 Å². The summed E-state index contributed by atoms with van der Waals surface area (Å²) in [5.74, 6) is 0.601. The molecule has 1 atom stereocenters. The van der Waals surface area contributed by atoms with E-state index in [0.717, 1.165) is 0 Å². The monoisotopic (exact) mass is 268 g/mol. The molecular weight excluding hydrogens is 262 g/mol. The van der Waals surface area contributed by atoms with E-state index >= 15 is 0 Å². The van der Waals surface area contributed by atoms with Gasteiger partial charge in [0.1, 0.15) is 0 Å². The van der Waals surface area contributed by atoms with Crippen molar-refractivity contribution in [1.29, 1.82) is 0 Å². The van der Waals surface area contributed by atoms with Crippen molar-refractivity contribution < 1.29 is 0 Å². The second kappa shape index (κ2) is 3.39. The molecule has 1 rings (SSSR count). The van der Waals surface area contributed by atoms with E-state index in [1.54, 1.807) is 7.05 Å². The highest BCUT2D eigenvalue weighted by molar-refractivity contribution is 14.1. The molecule has 1 N–H and O–H groups in total. The van der Waals surface area contributed by atoms with Gasteiger partial charge in [-0.1, -0.05) is 9.24 Å². The molecule has 1 aromatic rings. The number of halogens is 1. The minimum atomic E-state index is 0.601. The van der Waals surface area contributed by atoms with Crippen LogP contribution in [0.15, 0.2) is 0 Å². The molecule has 0 aliphatic heterocycles. The summed E-state index contributed by atoms with van der Waals surface area (Å²) in [7, 11) is 4.19. The maximum absolute atomic E-state index is 3.99. The van der Waals surface area contributed by atoms with Crippen molar-refractivity contribution in [3.8, 4) is 0 Å². The number of aromatic nitrogens is 3. The van der Waals surface area contributed by atoms with Crippen LogP contribution in [0.2, 0.25) is 0 Å². The molecule has 0 bridgehead atoms. The average molecular weight is 268 g/mol. The van der Waals surface area contributed by atoms with E-state index in [2.05, 4.69) is 29.5 Å². The predicted octanol–water partition coefficient (Wildman–Crippen LogP) is 0.0183. The van der Waals surface area contributed by atoms with Crippen LogP contribution in [0, 0.1) is 3.83 Å². The van der Waals surface area contributed by atoms with E-state index in [-0.39, 0.29) is 0 Å². The van der Waals surface area contributed by atoms with Gasteiger partial charge >= 0.3 is 0 Å². The van der Waals surface area contributed by atoms with Gasteiger partial charge in [0.25, 0.3) is 0 Å². The molecule has 1 aromatic heterocycles.